The normalized spacial score (nSPS) is 18.0. The Morgan fingerprint density at radius 3 is 2.26 bits per heavy atom. The highest BCUT2D eigenvalue weighted by Crippen LogP contribution is 2.34. The molecular weight excluding hydrogens is 428 g/mol. The van der Waals surface area contributed by atoms with Crippen molar-refractivity contribution in [3.8, 4) is 11.5 Å². The summed E-state index contributed by atoms with van der Waals surface area (Å²) in [5.74, 6) is 2.67. The molecular formula is C27H30N4O3. The molecule has 0 unspecified atom stereocenters. The molecule has 1 fully saturated rings. The molecule has 34 heavy (non-hydrogen) atoms. The van der Waals surface area contributed by atoms with Gasteiger partial charge in [-0.1, -0.05) is 18.2 Å². The Bertz CT molecular complexity index is 1190. The summed E-state index contributed by atoms with van der Waals surface area (Å²) in [6.45, 7) is 5.33. The molecule has 176 valence electrons. The third-order valence-corrected chi connectivity index (χ3v) is 6.87. The summed E-state index contributed by atoms with van der Waals surface area (Å²) in [5.41, 5.74) is 4.67. The van der Waals surface area contributed by atoms with Gasteiger partial charge in [0.1, 0.15) is 11.5 Å². The number of hydrogen-bond donors (Lipinski definition) is 0. The number of fused-ring (bicyclic) bond motifs is 1. The van der Waals surface area contributed by atoms with Crippen molar-refractivity contribution in [3.05, 3.63) is 71.0 Å². The molecule has 2 heterocycles. The lowest BCUT2D eigenvalue weighted by atomic mass is 9.81. The number of ether oxygens (including phenoxy) is 2. The van der Waals surface area contributed by atoms with Crippen LogP contribution in [0.15, 0.2) is 48.5 Å². The summed E-state index contributed by atoms with van der Waals surface area (Å²) in [6.07, 6.45) is 1.23. The van der Waals surface area contributed by atoms with Crippen LogP contribution in [0.5, 0.6) is 11.5 Å². The van der Waals surface area contributed by atoms with Crippen LogP contribution in [0.25, 0.3) is 0 Å². The van der Waals surface area contributed by atoms with Crippen LogP contribution in [0.4, 0.5) is 11.6 Å². The molecule has 3 aromatic rings. The first-order valence-electron chi connectivity index (χ1n) is 11.7. The molecule has 2 aliphatic rings. The van der Waals surface area contributed by atoms with Gasteiger partial charge in [-0.05, 0) is 49.1 Å². The van der Waals surface area contributed by atoms with Gasteiger partial charge >= 0.3 is 0 Å². The SMILES string of the molecule is COc1ccc([C@H]2CC(=O)c3c(C)nc(N4CCN(c5cccc(OC)c5)CC4)nc3C2)cc1. The summed E-state index contributed by atoms with van der Waals surface area (Å²) < 4.78 is 10.6. The van der Waals surface area contributed by atoms with Gasteiger partial charge in [0.2, 0.25) is 5.95 Å². The fourth-order valence-corrected chi connectivity index (χ4v) is 4.98. The molecule has 1 saturated heterocycles. The number of nitrogens with zero attached hydrogens (tertiary/aromatic N) is 4. The molecule has 2 aromatic carbocycles. The van der Waals surface area contributed by atoms with Gasteiger partial charge in [0.25, 0.3) is 0 Å². The van der Waals surface area contributed by atoms with Crippen LogP contribution < -0.4 is 19.3 Å². The first kappa shape index (κ1) is 22.2. The van der Waals surface area contributed by atoms with Crippen molar-refractivity contribution in [1.29, 1.82) is 0 Å². The molecule has 0 saturated carbocycles. The van der Waals surface area contributed by atoms with Crippen molar-refractivity contribution < 1.29 is 14.3 Å². The highest BCUT2D eigenvalue weighted by atomic mass is 16.5. The molecule has 7 heteroatoms. The second kappa shape index (κ2) is 9.33. The number of Topliss-reactive ketones (excluding diaryl/α,β-unsaturated/α-hetero) is 1. The summed E-state index contributed by atoms with van der Waals surface area (Å²) >= 11 is 0. The number of carbonyl (C=O) groups excluding carboxylic acids is 1. The molecule has 1 atom stereocenters. The van der Waals surface area contributed by atoms with Crippen LogP contribution >= 0.6 is 0 Å². The maximum atomic E-state index is 13.0. The van der Waals surface area contributed by atoms with Gasteiger partial charge in [0.15, 0.2) is 5.78 Å². The number of anilines is 2. The number of piperazine rings is 1. The molecule has 5 rings (SSSR count). The van der Waals surface area contributed by atoms with Crippen LogP contribution in [-0.4, -0.2) is 56.1 Å². The van der Waals surface area contributed by atoms with E-state index in [0.717, 1.165) is 72.7 Å². The number of carbonyl (C=O) groups is 1. The monoisotopic (exact) mass is 458 g/mol. The van der Waals surface area contributed by atoms with Crippen molar-refractivity contribution in [2.45, 2.75) is 25.7 Å². The zero-order valence-electron chi connectivity index (χ0n) is 20.0. The number of aryl methyl sites for hydroxylation is 1. The van der Waals surface area contributed by atoms with E-state index in [2.05, 4.69) is 34.1 Å². The summed E-state index contributed by atoms with van der Waals surface area (Å²) in [5, 5.41) is 0. The average molecular weight is 459 g/mol. The number of methoxy groups -OCH3 is 2. The fourth-order valence-electron chi connectivity index (χ4n) is 4.98. The average Bonchev–Trinajstić information content (AvgIpc) is 2.88. The minimum absolute atomic E-state index is 0.123. The first-order chi connectivity index (χ1) is 16.6. The Morgan fingerprint density at radius 1 is 0.853 bits per heavy atom. The second-order valence-corrected chi connectivity index (χ2v) is 8.91. The van der Waals surface area contributed by atoms with E-state index in [0.29, 0.717) is 12.0 Å². The van der Waals surface area contributed by atoms with E-state index >= 15 is 0 Å². The molecule has 1 aliphatic carbocycles. The second-order valence-electron chi connectivity index (χ2n) is 8.91. The number of rotatable bonds is 5. The van der Waals surface area contributed by atoms with Gasteiger partial charge in [-0.3, -0.25) is 4.79 Å². The smallest absolute Gasteiger partial charge is 0.225 e. The fraction of sp³-hybridized carbons (Fsp3) is 0.370. The van der Waals surface area contributed by atoms with Crippen LogP contribution in [0, 0.1) is 6.92 Å². The van der Waals surface area contributed by atoms with E-state index in [9.17, 15) is 4.79 Å². The Kier molecular flexibility index (Phi) is 6.09. The van der Waals surface area contributed by atoms with Gasteiger partial charge in [-0.25, -0.2) is 9.97 Å². The lowest BCUT2D eigenvalue weighted by Gasteiger charge is -2.36. The standard InChI is InChI=1S/C27H30N4O3/c1-18-26-24(15-20(16-25(26)32)19-7-9-22(33-2)10-8-19)29-27(28-18)31-13-11-30(12-14-31)21-5-4-6-23(17-21)34-3/h4-10,17,20H,11-16H2,1-3H3/t20-/m1/s1. The molecule has 1 aliphatic heterocycles. The van der Waals surface area contributed by atoms with Gasteiger partial charge in [-0.15, -0.1) is 0 Å². The maximum Gasteiger partial charge on any atom is 0.225 e. The van der Waals surface area contributed by atoms with Gasteiger partial charge in [0.05, 0.1) is 31.2 Å². The highest BCUT2D eigenvalue weighted by Gasteiger charge is 2.31. The van der Waals surface area contributed by atoms with Crippen molar-refractivity contribution in [2.75, 3.05) is 50.2 Å². The zero-order chi connectivity index (χ0) is 23.7. The summed E-state index contributed by atoms with van der Waals surface area (Å²) in [7, 11) is 3.35. The Morgan fingerprint density at radius 2 is 1.56 bits per heavy atom. The van der Waals surface area contributed by atoms with Crippen molar-refractivity contribution in [3.63, 3.8) is 0 Å². The van der Waals surface area contributed by atoms with Crippen LogP contribution in [0.1, 0.15) is 39.6 Å². The molecule has 7 nitrogen and oxygen atoms in total. The Balaban J connectivity index is 1.33. The number of benzene rings is 2. The minimum Gasteiger partial charge on any atom is -0.497 e. The maximum absolute atomic E-state index is 13.0. The van der Waals surface area contributed by atoms with Crippen LogP contribution in [-0.2, 0) is 6.42 Å². The van der Waals surface area contributed by atoms with Crippen molar-refractivity contribution in [2.24, 2.45) is 0 Å². The van der Waals surface area contributed by atoms with Gasteiger partial charge in [0, 0.05) is 44.4 Å². The molecule has 0 bridgehead atoms. The minimum atomic E-state index is 0.123. The van der Waals surface area contributed by atoms with E-state index in [1.807, 2.05) is 31.2 Å². The van der Waals surface area contributed by atoms with E-state index in [1.165, 1.54) is 0 Å². The summed E-state index contributed by atoms with van der Waals surface area (Å²) in [4.78, 5) is 27.3. The molecule has 0 spiro atoms. The third kappa shape index (κ3) is 4.30. The predicted octanol–water partition coefficient (Wildman–Crippen LogP) is 4.04. The molecule has 0 N–H and O–H groups in total. The van der Waals surface area contributed by atoms with E-state index in [1.54, 1.807) is 14.2 Å². The quantitative estimate of drug-likeness (QED) is 0.572. The van der Waals surface area contributed by atoms with Crippen molar-refractivity contribution in [1.82, 2.24) is 9.97 Å². The third-order valence-electron chi connectivity index (χ3n) is 6.87. The van der Waals surface area contributed by atoms with Gasteiger partial charge < -0.3 is 19.3 Å². The molecule has 0 radical (unpaired) electrons. The van der Waals surface area contributed by atoms with Crippen LogP contribution in [0.2, 0.25) is 0 Å². The lowest BCUT2D eigenvalue weighted by molar-refractivity contribution is 0.0962. The van der Waals surface area contributed by atoms with E-state index < -0.39 is 0 Å². The highest BCUT2D eigenvalue weighted by molar-refractivity contribution is 5.99. The topological polar surface area (TPSA) is 67.8 Å². The van der Waals surface area contributed by atoms with E-state index in [4.69, 9.17) is 19.4 Å². The number of ketones is 1. The van der Waals surface area contributed by atoms with Gasteiger partial charge in [-0.2, -0.15) is 0 Å². The lowest BCUT2D eigenvalue weighted by Crippen LogP contribution is -2.47. The molecule has 0 amide bonds. The van der Waals surface area contributed by atoms with E-state index in [-0.39, 0.29) is 11.7 Å². The Labute approximate surface area is 200 Å². The molecule has 1 aromatic heterocycles. The number of hydrogen-bond acceptors (Lipinski definition) is 7. The van der Waals surface area contributed by atoms with Crippen molar-refractivity contribution >= 4 is 17.4 Å². The largest absolute Gasteiger partial charge is 0.497 e. The zero-order valence-corrected chi connectivity index (χ0v) is 20.0. The first-order valence-corrected chi connectivity index (χ1v) is 11.7. The summed E-state index contributed by atoms with van der Waals surface area (Å²) in [6, 6.07) is 16.2. The number of aromatic nitrogens is 2. The predicted molar refractivity (Wildman–Crippen MR) is 133 cm³/mol. The Hall–Kier alpha value is -3.61. The van der Waals surface area contributed by atoms with Crippen LogP contribution in [0.3, 0.4) is 0 Å².